The molecule has 2 aromatic heterocycles. The number of nitrogens with one attached hydrogen (secondary N) is 1. The third-order valence-corrected chi connectivity index (χ3v) is 4.38. The Labute approximate surface area is 151 Å². The van der Waals surface area contributed by atoms with Crippen LogP contribution in [0.2, 0.25) is 15.2 Å². The number of anilines is 1. The number of hydrogen-bond donors (Lipinski definition) is 1. The van der Waals surface area contributed by atoms with Crippen molar-refractivity contribution in [2.24, 2.45) is 11.0 Å². The normalized spacial score (nSPS) is 11.7. The second kappa shape index (κ2) is 7.56. The van der Waals surface area contributed by atoms with Crippen LogP contribution < -0.4 is 5.43 Å². The maximum absolute atomic E-state index is 6.06. The summed E-state index contributed by atoms with van der Waals surface area (Å²) in [4.78, 5) is 4.06. The lowest BCUT2D eigenvalue weighted by molar-refractivity contribution is 0.509. The van der Waals surface area contributed by atoms with Crippen LogP contribution in [0.5, 0.6) is 0 Å². The molecule has 0 aliphatic carbocycles. The summed E-state index contributed by atoms with van der Waals surface area (Å²) < 4.78 is 2.29. The number of pyridine rings is 1. The van der Waals surface area contributed by atoms with Gasteiger partial charge in [-0.15, -0.1) is 0 Å². The monoisotopic (exact) mass is 372 g/mol. The fourth-order valence-corrected chi connectivity index (χ4v) is 2.83. The molecular formula is C16H19Cl3N4. The van der Waals surface area contributed by atoms with Crippen molar-refractivity contribution in [3.63, 3.8) is 0 Å². The van der Waals surface area contributed by atoms with Gasteiger partial charge in [0.1, 0.15) is 5.15 Å². The van der Waals surface area contributed by atoms with Crippen LogP contribution in [0.4, 0.5) is 5.82 Å². The van der Waals surface area contributed by atoms with Gasteiger partial charge in [-0.1, -0.05) is 48.7 Å². The van der Waals surface area contributed by atoms with E-state index in [1.807, 2.05) is 0 Å². The largest absolute Gasteiger partial charge is 0.348 e. The van der Waals surface area contributed by atoms with Gasteiger partial charge in [-0.3, -0.25) is 5.43 Å². The SMILES string of the molecule is Cc1cc(/C=N\Nc2nc(Cl)c(Cl)cc2Cl)c(C)n1CC(C)C. The standard InChI is InChI=1S/C16H19Cl3N4/c1-9(2)8-23-10(3)5-12(11(23)4)7-20-22-16-14(18)6-13(17)15(19)21-16/h5-7,9H,8H2,1-4H3,(H,21,22)/b20-7-. The van der Waals surface area contributed by atoms with Crippen molar-refractivity contribution in [3.05, 3.63) is 44.3 Å². The quantitative estimate of drug-likeness (QED) is 0.423. The van der Waals surface area contributed by atoms with E-state index < -0.39 is 0 Å². The van der Waals surface area contributed by atoms with Crippen LogP contribution >= 0.6 is 34.8 Å². The Morgan fingerprint density at radius 2 is 1.91 bits per heavy atom. The molecular weight excluding hydrogens is 355 g/mol. The maximum Gasteiger partial charge on any atom is 0.166 e. The lowest BCUT2D eigenvalue weighted by atomic mass is 10.2. The molecule has 0 saturated heterocycles. The lowest BCUT2D eigenvalue weighted by Gasteiger charge is -2.11. The summed E-state index contributed by atoms with van der Waals surface area (Å²) in [6, 6.07) is 3.64. The highest BCUT2D eigenvalue weighted by atomic mass is 35.5. The highest BCUT2D eigenvalue weighted by Crippen LogP contribution is 2.28. The topological polar surface area (TPSA) is 42.2 Å². The average Bonchev–Trinajstić information content (AvgIpc) is 2.72. The summed E-state index contributed by atoms with van der Waals surface area (Å²) in [6.45, 7) is 9.57. The molecule has 0 fully saturated rings. The first-order valence-corrected chi connectivity index (χ1v) is 8.40. The Morgan fingerprint density at radius 1 is 1.22 bits per heavy atom. The van der Waals surface area contributed by atoms with Crippen molar-refractivity contribution in [2.45, 2.75) is 34.2 Å². The maximum atomic E-state index is 6.06. The van der Waals surface area contributed by atoms with Crippen LogP contribution in [0.3, 0.4) is 0 Å². The lowest BCUT2D eigenvalue weighted by Crippen LogP contribution is -2.08. The van der Waals surface area contributed by atoms with Crippen molar-refractivity contribution in [3.8, 4) is 0 Å². The molecule has 0 amide bonds. The van der Waals surface area contributed by atoms with Crippen LogP contribution in [0.15, 0.2) is 17.2 Å². The summed E-state index contributed by atoms with van der Waals surface area (Å²) in [6.07, 6.45) is 1.75. The number of nitrogens with zero attached hydrogens (tertiary/aromatic N) is 3. The summed E-state index contributed by atoms with van der Waals surface area (Å²) >= 11 is 17.8. The molecule has 0 atom stereocenters. The molecule has 0 aliphatic rings. The van der Waals surface area contributed by atoms with E-state index in [1.54, 1.807) is 6.21 Å². The van der Waals surface area contributed by atoms with Gasteiger partial charge < -0.3 is 4.57 Å². The number of aromatic nitrogens is 2. The zero-order valence-electron chi connectivity index (χ0n) is 13.5. The van der Waals surface area contributed by atoms with Gasteiger partial charge in [-0.2, -0.15) is 5.10 Å². The molecule has 23 heavy (non-hydrogen) atoms. The molecule has 2 rings (SSSR count). The Morgan fingerprint density at radius 3 is 2.57 bits per heavy atom. The van der Waals surface area contributed by atoms with Crippen molar-refractivity contribution in [1.29, 1.82) is 0 Å². The van der Waals surface area contributed by atoms with Crippen LogP contribution in [0, 0.1) is 19.8 Å². The third-order valence-electron chi connectivity index (χ3n) is 3.42. The summed E-state index contributed by atoms with van der Waals surface area (Å²) in [5.41, 5.74) is 6.24. The number of hydrazone groups is 1. The molecule has 0 bridgehead atoms. The van der Waals surface area contributed by atoms with Crippen LogP contribution in [-0.4, -0.2) is 15.8 Å². The van der Waals surface area contributed by atoms with E-state index in [0.29, 0.717) is 21.8 Å². The molecule has 2 heterocycles. The predicted octanol–water partition coefficient (Wildman–Crippen LogP) is 5.56. The number of hydrogen-bond acceptors (Lipinski definition) is 3. The van der Waals surface area contributed by atoms with Crippen LogP contribution in [-0.2, 0) is 6.54 Å². The second-order valence-corrected chi connectivity index (χ2v) is 6.96. The smallest absolute Gasteiger partial charge is 0.166 e. The Hall–Kier alpha value is -1.23. The molecule has 4 nitrogen and oxygen atoms in total. The van der Waals surface area contributed by atoms with Gasteiger partial charge in [-0.25, -0.2) is 4.98 Å². The van der Waals surface area contributed by atoms with Crippen LogP contribution in [0.1, 0.15) is 30.8 Å². The molecule has 0 saturated carbocycles. The summed E-state index contributed by atoms with van der Waals surface area (Å²) in [7, 11) is 0. The Kier molecular flexibility index (Phi) is 5.95. The van der Waals surface area contributed by atoms with E-state index in [4.69, 9.17) is 34.8 Å². The van der Waals surface area contributed by atoms with Crippen molar-refractivity contribution in [1.82, 2.24) is 9.55 Å². The molecule has 2 aromatic rings. The molecule has 0 spiro atoms. The fourth-order valence-electron chi connectivity index (χ4n) is 2.29. The fraction of sp³-hybridized carbons (Fsp3) is 0.375. The third kappa shape index (κ3) is 4.40. The first kappa shape index (κ1) is 18.1. The van der Waals surface area contributed by atoms with E-state index in [9.17, 15) is 0 Å². The van der Waals surface area contributed by atoms with Gasteiger partial charge in [0.2, 0.25) is 0 Å². The zero-order chi connectivity index (χ0) is 17.1. The Bertz CT molecular complexity index is 735. The van der Waals surface area contributed by atoms with Crippen molar-refractivity contribution < 1.29 is 0 Å². The van der Waals surface area contributed by atoms with E-state index in [1.165, 1.54) is 17.5 Å². The zero-order valence-corrected chi connectivity index (χ0v) is 15.8. The summed E-state index contributed by atoms with van der Waals surface area (Å²) in [5, 5.41) is 5.06. The molecule has 124 valence electrons. The van der Waals surface area contributed by atoms with E-state index in [2.05, 4.69) is 53.8 Å². The first-order valence-electron chi connectivity index (χ1n) is 7.27. The number of rotatable bonds is 5. The first-order chi connectivity index (χ1) is 10.8. The summed E-state index contributed by atoms with van der Waals surface area (Å²) in [5.74, 6) is 0.954. The molecule has 0 radical (unpaired) electrons. The molecule has 0 unspecified atom stereocenters. The predicted molar refractivity (Wildman–Crippen MR) is 99.2 cm³/mol. The van der Waals surface area contributed by atoms with Crippen molar-refractivity contribution in [2.75, 3.05) is 5.43 Å². The molecule has 7 heteroatoms. The van der Waals surface area contributed by atoms with Gasteiger partial charge in [0.15, 0.2) is 5.82 Å². The minimum absolute atomic E-state index is 0.184. The minimum Gasteiger partial charge on any atom is -0.348 e. The van der Waals surface area contributed by atoms with E-state index in [-0.39, 0.29) is 5.15 Å². The van der Waals surface area contributed by atoms with E-state index in [0.717, 1.165) is 12.1 Å². The Balaban J connectivity index is 2.17. The van der Waals surface area contributed by atoms with Gasteiger partial charge in [0, 0.05) is 23.5 Å². The average molecular weight is 374 g/mol. The molecule has 1 N–H and O–H groups in total. The minimum atomic E-state index is 0.184. The van der Waals surface area contributed by atoms with E-state index >= 15 is 0 Å². The number of halogens is 3. The highest BCUT2D eigenvalue weighted by Gasteiger charge is 2.09. The van der Waals surface area contributed by atoms with Gasteiger partial charge in [-0.05, 0) is 31.9 Å². The second-order valence-electron chi connectivity index (χ2n) is 5.79. The van der Waals surface area contributed by atoms with Gasteiger partial charge >= 0.3 is 0 Å². The molecule has 0 aliphatic heterocycles. The van der Waals surface area contributed by atoms with Crippen LogP contribution in [0.25, 0.3) is 0 Å². The van der Waals surface area contributed by atoms with Gasteiger partial charge in [0.05, 0.1) is 16.3 Å². The van der Waals surface area contributed by atoms with Gasteiger partial charge in [0.25, 0.3) is 0 Å². The van der Waals surface area contributed by atoms with Crippen molar-refractivity contribution >= 4 is 46.8 Å². The molecule has 0 aromatic carbocycles. The highest BCUT2D eigenvalue weighted by molar-refractivity contribution is 6.42. The number of aryl methyl sites for hydroxylation is 1.